The summed E-state index contributed by atoms with van der Waals surface area (Å²) >= 11 is 6.01. The maximum absolute atomic E-state index is 14.1. The van der Waals surface area contributed by atoms with Crippen molar-refractivity contribution in [3.63, 3.8) is 0 Å². The number of hydrogen-bond donors (Lipinski definition) is 0. The zero-order valence-corrected chi connectivity index (χ0v) is 21.5. The van der Waals surface area contributed by atoms with Gasteiger partial charge in [0.1, 0.15) is 16.5 Å². The molecule has 4 rings (SSSR count). The summed E-state index contributed by atoms with van der Waals surface area (Å²) in [5.41, 5.74) is 0.614. The molecule has 1 aliphatic rings. The third-order valence-electron chi connectivity index (χ3n) is 6.24. The molecule has 1 saturated heterocycles. The van der Waals surface area contributed by atoms with Crippen LogP contribution < -0.4 is 0 Å². The molecule has 0 unspecified atom stereocenters. The van der Waals surface area contributed by atoms with Crippen molar-refractivity contribution in [2.24, 2.45) is 0 Å². The predicted octanol–water partition coefficient (Wildman–Crippen LogP) is 5.90. The van der Waals surface area contributed by atoms with Crippen LogP contribution in [-0.2, 0) is 27.5 Å². The Labute approximate surface area is 222 Å². The molecule has 204 valence electrons. The predicted molar refractivity (Wildman–Crippen MR) is 132 cm³/mol. The Kier molecular flexibility index (Phi) is 8.73. The van der Waals surface area contributed by atoms with Crippen LogP contribution in [0.2, 0.25) is 5.02 Å². The van der Waals surface area contributed by atoms with Crippen molar-refractivity contribution in [3.05, 3.63) is 100 Å². The van der Waals surface area contributed by atoms with Crippen molar-refractivity contribution in [2.45, 2.75) is 23.8 Å². The van der Waals surface area contributed by atoms with Crippen LogP contribution in [0.15, 0.2) is 71.6 Å². The average Bonchev–Trinajstić information content (AvgIpc) is 2.87. The molecular weight excluding hydrogens is 551 g/mol. The van der Waals surface area contributed by atoms with Crippen molar-refractivity contribution >= 4 is 21.6 Å². The number of nitrogens with zero attached hydrogens (tertiary/aromatic N) is 2. The van der Waals surface area contributed by atoms with Gasteiger partial charge in [0.25, 0.3) is 0 Å². The summed E-state index contributed by atoms with van der Waals surface area (Å²) in [6, 6.07) is 14.1. The van der Waals surface area contributed by atoms with E-state index in [9.17, 15) is 30.4 Å². The second kappa shape index (κ2) is 11.7. The van der Waals surface area contributed by atoms with E-state index in [1.54, 1.807) is 24.3 Å². The minimum Gasteiger partial charge on any atom is -0.368 e. The number of alkyl halides is 3. The fourth-order valence-electron chi connectivity index (χ4n) is 4.13. The molecule has 38 heavy (non-hydrogen) atoms. The van der Waals surface area contributed by atoms with Crippen LogP contribution in [0.4, 0.5) is 22.0 Å². The number of piperazine rings is 1. The Hall–Kier alpha value is -2.57. The van der Waals surface area contributed by atoms with E-state index in [2.05, 4.69) is 0 Å². The first-order chi connectivity index (χ1) is 17.9. The van der Waals surface area contributed by atoms with Crippen molar-refractivity contribution in [1.29, 1.82) is 0 Å². The van der Waals surface area contributed by atoms with E-state index >= 15 is 0 Å². The molecule has 3 aromatic rings. The van der Waals surface area contributed by atoms with Gasteiger partial charge in [-0.1, -0.05) is 35.9 Å². The van der Waals surface area contributed by atoms with Crippen LogP contribution in [0.25, 0.3) is 0 Å². The molecule has 3 aromatic carbocycles. The Balaban J connectivity index is 1.42. The topological polar surface area (TPSA) is 49.9 Å². The fraction of sp³-hybridized carbons (Fsp3) is 0.308. The highest BCUT2D eigenvalue weighted by Crippen LogP contribution is 2.30. The first-order valence-electron chi connectivity index (χ1n) is 11.6. The Bertz CT molecular complexity index is 1340. The summed E-state index contributed by atoms with van der Waals surface area (Å²) in [6.07, 6.45) is -4.91. The Morgan fingerprint density at radius 1 is 0.895 bits per heavy atom. The van der Waals surface area contributed by atoms with Crippen molar-refractivity contribution < 1.29 is 35.1 Å². The van der Waals surface area contributed by atoms with Gasteiger partial charge in [0, 0.05) is 43.8 Å². The lowest BCUT2D eigenvalue weighted by Crippen LogP contribution is -2.49. The van der Waals surface area contributed by atoms with Crippen LogP contribution >= 0.6 is 11.6 Å². The number of sulfonamides is 1. The molecule has 0 N–H and O–H groups in total. The van der Waals surface area contributed by atoms with E-state index in [0.717, 1.165) is 34.1 Å². The molecule has 12 heteroatoms. The van der Waals surface area contributed by atoms with Crippen LogP contribution in [-0.4, -0.2) is 50.3 Å². The highest BCUT2D eigenvalue weighted by molar-refractivity contribution is 7.89. The second-order valence-electron chi connectivity index (χ2n) is 8.83. The van der Waals surface area contributed by atoms with E-state index in [0.29, 0.717) is 36.3 Å². The standard InChI is InChI=1S/C26H24ClF5N2O3S/c27-21-7-3-19(4-8-21)24(37-17-18-1-5-20(6-2-18)26(30,31)32)16-33-11-13-34(14-12-33)38(35,36)25-10-9-22(28)15-23(25)29/h1-10,15,24H,11-14,16-17H2/t24-/m1/s1. The van der Waals surface area contributed by atoms with Crippen molar-refractivity contribution in [3.8, 4) is 0 Å². The fourth-order valence-corrected chi connectivity index (χ4v) is 5.72. The molecule has 0 radical (unpaired) electrons. The molecule has 0 spiro atoms. The van der Waals surface area contributed by atoms with Crippen LogP contribution in [0.5, 0.6) is 0 Å². The van der Waals surface area contributed by atoms with Crippen LogP contribution in [0.3, 0.4) is 0 Å². The smallest absolute Gasteiger partial charge is 0.368 e. The number of ether oxygens (including phenoxy) is 1. The molecule has 0 bridgehead atoms. The average molecular weight is 575 g/mol. The van der Waals surface area contributed by atoms with Gasteiger partial charge >= 0.3 is 6.18 Å². The van der Waals surface area contributed by atoms with Gasteiger partial charge in [-0.2, -0.15) is 17.5 Å². The highest BCUT2D eigenvalue weighted by Gasteiger charge is 2.32. The summed E-state index contributed by atoms with van der Waals surface area (Å²) in [4.78, 5) is 1.41. The largest absolute Gasteiger partial charge is 0.416 e. The molecule has 0 saturated carbocycles. The molecular formula is C26H24ClF5N2O3S. The first kappa shape index (κ1) is 28.4. The summed E-state index contributed by atoms with van der Waals surface area (Å²) in [7, 11) is -4.14. The molecule has 0 aromatic heterocycles. The van der Waals surface area contributed by atoms with E-state index < -0.39 is 44.4 Å². The quantitative estimate of drug-likeness (QED) is 0.314. The zero-order chi connectivity index (χ0) is 27.5. The number of benzene rings is 3. The van der Waals surface area contributed by atoms with Gasteiger partial charge in [0.15, 0.2) is 0 Å². The van der Waals surface area contributed by atoms with E-state index in [-0.39, 0.29) is 19.7 Å². The molecule has 0 aliphatic carbocycles. The number of halogens is 6. The number of rotatable bonds is 8. The SMILES string of the molecule is O=S(=O)(c1ccc(F)cc1F)N1CCN(C[C@@H](OCc2ccc(C(F)(F)F)cc2)c2ccc(Cl)cc2)CC1. The third-order valence-corrected chi connectivity index (χ3v) is 8.43. The van der Waals surface area contributed by atoms with Crippen molar-refractivity contribution in [2.75, 3.05) is 32.7 Å². The lowest BCUT2D eigenvalue weighted by molar-refractivity contribution is -0.137. The molecule has 1 aliphatic heterocycles. The van der Waals surface area contributed by atoms with Gasteiger partial charge in [0.05, 0.1) is 18.3 Å². The van der Waals surface area contributed by atoms with Crippen LogP contribution in [0, 0.1) is 11.6 Å². The molecule has 0 amide bonds. The summed E-state index contributed by atoms with van der Waals surface area (Å²) in [5, 5.41) is 0.530. The van der Waals surface area contributed by atoms with Gasteiger partial charge in [-0.15, -0.1) is 0 Å². The first-order valence-corrected chi connectivity index (χ1v) is 13.5. The Morgan fingerprint density at radius 3 is 2.11 bits per heavy atom. The van der Waals surface area contributed by atoms with Gasteiger partial charge < -0.3 is 4.74 Å². The zero-order valence-electron chi connectivity index (χ0n) is 20.0. The van der Waals surface area contributed by atoms with Gasteiger partial charge in [-0.3, -0.25) is 4.90 Å². The molecule has 5 nitrogen and oxygen atoms in total. The number of hydrogen-bond acceptors (Lipinski definition) is 4. The summed E-state index contributed by atoms with van der Waals surface area (Å²) in [5.74, 6) is -2.01. The normalized spacial score (nSPS) is 16.5. The van der Waals surface area contributed by atoms with E-state index in [1.807, 2.05) is 4.90 Å². The molecule has 1 heterocycles. The summed E-state index contributed by atoms with van der Waals surface area (Å²) in [6.45, 7) is 1.27. The van der Waals surface area contributed by atoms with E-state index in [1.165, 1.54) is 12.1 Å². The molecule has 1 fully saturated rings. The maximum Gasteiger partial charge on any atom is 0.416 e. The third kappa shape index (κ3) is 6.89. The lowest BCUT2D eigenvalue weighted by Gasteiger charge is -2.36. The second-order valence-corrected chi connectivity index (χ2v) is 11.2. The lowest BCUT2D eigenvalue weighted by atomic mass is 10.1. The monoisotopic (exact) mass is 574 g/mol. The van der Waals surface area contributed by atoms with Gasteiger partial charge in [-0.05, 0) is 47.5 Å². The van der Waals surface area contributed by atoms with Crippen molar-refractivity contribution in [1.82, 2.24) is 9.21 Å². The van der Waals surface area contributed by atoms with Crippen LogP contribution in [0.1, 0.15) is 22.8 Å². The summed E-state index contributed by atoms with van der Waals surface area (Å²) < 4.78 is 99.0. The Morgan fingerprint density at radius 2 is 1.53 bits per heavy atom. The minimum absolute atomic E-state index is 0.0591. The maximum atomic E-state index is 14.1. The molecule has 1 atom stereocenters. The highest BCUT2D eigenvalue weighted by atomic mass is 35.5. The van der Waals surface area contributed by atoms with Gasteiger partial charge in [-0.25, -0.2) is 17.2 Å². The van der Waals surface area contributed by atoms with Gasteiger partial charge in [0.2, 0.25) is 10.0 Å². The van der Waals surface area contributed by atoms with E-state index in [4.69, 9.17) is 16.3 Å². The minimum atomic E-state index is -4.43.